The third-order valence-electron chi connectivity index (χ3n) is 5.71. The van der Waals surface area contributed by atoms with Gasteiger partial charge in [0.1, 0.15) is 6.61 Å². The number of esters is 1. The maximum Gasteiger partial charge on any atom is 0.338 e. The van der Waals surface area contributed by atoms with Crippen LogP contribution in [0.4, 0.5) is 0 Å². The molecule has 1 saturated heterocycles. The van der Waals surface area contributed by atoms with E-state index >= 15 is 0 Å². The van der Waals surface area contributed by atoms with Gasteiger partial charge in [0.05, 0.1) is 37.6 Å². The normalized spacial score (nSPS) is 17.9. The molecule has 2 heterocycles. The summed E-state index contributed by atoms with van der Waals surface area (Å²) >= 11 is 1.51. The molecule has 0 N–H and O–H groups in total. The third kappa shape index (κ3) is 6.13. The Morgan fingerprint density at radius 1 is 1.15 bits per heavy atom. The summed E-state index contributed by atoms with van der Waals surface area (Å²) in [6.07, 6.45) is 4.82. The van der Waals surface area contributed by atoms with E-state index in [1.54, 1.807) is 26.0 Å². The minimum absolute atomic E-state index is 0.0765. The van der Waals surface area contributed by atoms with E-state index in [4.69, 9.17) is 18.9 Å². The van der Waals surface area contributed by atoms with Crippen LogP contribution in [0.1, 0.15) is 57.6 Å². The van der Waals surface area contributed by atoms with Gasteiger partial charge in [-0.05, 0) is 31.0 Å². The number of amides is 1. The van der Waals surface area contributed by atoms with Crippen LogP contribution in [0.5, 0.6) is 11.5 Å². The Kier molecular flexibility index (Phi) is 9.83. The predicted molar refractivity (Wildman–Crippen MR) is 132 cm³/mol. The van der Waals surface area contributed by atoms with Gasteiger partial charge in [0, 0.05) is 19.3 Å². The fraction of sp³-hybridized carbons (Fsp3) is 0.560. The van der Waals surface area contributed by atoms with Crippen molar-refractivity contribution in [2.24, 2.45) is 4.99 Å². The molecule has 34 heavy (non-hydrogen) atoms. The van der Waals surface area contributed by atoms with Crippen molar-refractivity contribution in [3.05, 3.63) is 35.0 Å². The quantitative estimate of drug-likeness (QED) is 0.315. The zero-order chi connectivity index (χ0) is 24.5. The van der Waals surface area contributed by atoms with E-state index in [1.807, 2.05) is 18.2 Å². The first-order valence-electron chi connectivity index (χ1n) is 11.7. The van der Waals surface area contributed by atoms with E-state index in [1.165, 1.54) is 24.6 Å². The molecular weight excluding hydrogens is 456 g/mol. The summed E-state index contributed by atoms with van der Waals surface area (Å²) in [6.45, 7) is 4.95. The summed E-state index contributed by atoms with van der Waals surface area (Å²) in [5, 5.41) is 0.599. The number of ether oxygens (including phenoxy) is 4. The second-order valence-electron chi connectivity index (χ2n) is 8.11. The average molecular weight is 491 g/mol. The van der Waals surface area contributed by atoms with E-state index in [9.17, 15) is 9.59 Å². The number of allylic oxidation sites excluding steroid dienone is 1. The molecule has 0 aromatic heterocycles. The first-order chi connectivity index (χ1) is 16.5. The minimum atomic E-state index is -0.657. The number of benzene rings is 1. The highest BCUT2D eigenvalue weighted by molar-refractivity contribution is 8.14. The maximum atomic E-state index is 13.1. The van der Waals surface area contributed by atoms with E-state index in [0.29, 0.717) is 46.7 Å². The average Bonchev–Trinajstić information content (AvgIpc) is 2.83. The molecule has 1 atom stereocenters. The van der Waals surface area contributed by atoms with Crippen LogP contribution in [0.15, 0.2) is 34.5 Å². The minimum Gasteiger partial charge on any atom is -0.493 e. The van der Waals surface area contributed by atoms with Crippen LogP contribution in [-0.2, 0) is 19.1 Å². The van der Waals surface area contributed by atoms with Gasteiger partial charge in [-0.3, -0.25) is 9.69 Å². The first kappa shape index (κ1) is 26.1. The highest BCUT2D eigenvalue weighted by atomic mass is 32.2. The third-order valence-corrected chi connectivity index (χ3v) is 6.66. The van der Waals surface area contributed by atoms with Crippen molar-refractivity contribution in [2.45, 2.75) is 52.0 Å². The molecule has 0 unspecified atom stereocenters. The molecule has 1 aromatic carbocycles. The Hall–Kier alpha value is -2.52. The van der Waals surface area contributed by atoms with Gasteiger partial charge in [-0.1, -0.05) is 44.0 Å². The molecule has 3 rings (SSSR count). The van der Waals surface area contributed by atoms with E-state index in [-0.39, 0.29) is 19.1 Å². The number of aliphatic imine (C=N–C) groups is 1. The SMILES string of the molecule is CCCCCCOc1ccc([C@H]2C(C(=O)OCCOC)=C(C)N=C3SCCC(=O)N32)cc1OC. The van der Waals surface area contributed by atoms with E-state index in [2.05, 4.69) is 11.9 Å². The summed E-state index contributed by atoms with van der Waals surface area (Å²) in [6, 6.07) is 4.89. The molecule has 1 amide bonds. The zero-order valence-electron chi connectivity index (χ0n) is 20.4. The number of hydrogen-bond acceptors (Lipinski definition) is 8. The van der Waals surface area contributed by atoms with Crippen LogP contribution in [0.3, 0.4) is 0 Å². The lowest BCUT2D eigenvalue weighted by Crippen LogP contribution is -2.45. The number of rotatable bonds is 12. The first-order valence-corrected chi connectivity index (χ1v) is 12.7. The lowest BCUT2D eigenvalue weighted by atomic mass is 9.94. The zero-order valence-corrected chi connectivity index (χ0v) is 21.2. The Labute approximate surface area is 205 Å². The van der Waals surface area contributed by atoms with Crippen molar-refractivity contribution in [3.63, 3.8) is 0 Å². The van der Waals surface area contributed by atoms with Gasteiger partial charge in [0.25, 0.3) is 0 Å². The summed E-state index contributed by atoms with van der Waals surface area (Å²) < 4.78 is 22.0. The number of nitrogens with zero attached hydrogens (tertiary/aromatic N) is 2. The topological polar surface area (TPSA) is 86.7 Å². The largest absolute Gasteiger partial charge is 0.493 e. The Bertz CT molecular complexity index is 945. The second-order valence-corrected chi connectivity index (χ2v) is 9.17. The molecule has 0 radical (unpaired) electrons. The van der Waals surface area contributed by atoms with Crippen molar-refractivity contribution >= 4 is 28.8 Å². The standard InChI is InChI=1S/C25H34N2O6S/c1-5-6-7-8-12-32-19-10-9-18(16-20(19)31-4)23-22(24(29)33-14-13-30-3)17(2)26-25-27(23)21(28)11-15-34-25/h9-10,16,23H,5-8,11-15H2,1-4H3/t23-/m0/s1. The molecular formula is C25H34N2O6S. The molecule has 1 aromatic rings. The second kappa shape index (κ2) is 12.8. The molecule has 0 bridgehead atoms. The van der Waals surface area contributed by atoms with Crippen LogP contribution in [0.2, 0.25) is 0 Å². The van der Waals surface area contributed by atoms with Crippen molar-refractivity contribution in [2.75, 3.05) is 39.8 Å². The molecule has 0 spiro atoms. The Balaban J connectivity index is 1.93. The van der Waals surface area contributed by atoms with Crippen LogP contribution in [0, 0.1) is 0 Å². The van der Waals surface area contributed by atoms with Gasteiger partial charge in [0.2, 0.25) is 5.91 Å². The lowest BCUT2D eigenvalue weighted by molar-refractivity contribution is -0.141. The van der Waals surface area contributed by atoms with Crippen molar-refractivity contribution in [1.29, 1.82) is 0 Å². The maximum absolute atomic E-state index is 13.1. The number of fused-ring (bicyclic) bond motifs is 1. The summed E-state index contributed by atoms with van der Waals surface area (Å²) in [5.41, 5.74) is 1.61. The Morgan fingerprint density at radius 3 is 2.71 bits per heavy atom. The van der Waals surface area contributed by atoms with Crippen LogP contribution in [-0.4, -0.2) is 61.7 Å². The Morgan fingerprint density at radius 2 is 1.97 bits per heavy atom. The fourth-order valence-electron chi connectivity index (χ4n) is 3.95. The van der Waals surface area contributed by atoms with Gasteiger partial charge >= 0.3 is 5.97 Å². The molecule has 186 valence electrons. The summed E-state index contributed by atoms with van der Waals surface area (Å²) in [5.74, 6) is 1.26. The fourth-order valence-corrected chi connectivity index (χ4v) is 4.96. The lowest BCUT2D eigenvalue weighted by Gasteiger charge is -2.39. The van der Waals surface area contributed by atoms with Crippen molar-refractivity contribution in [1.82, 2.24) is 4.90 Å². The number of carbonyl (C=O) groups is 2. The van der Waals surface area contributed by atoms with Gasteiger partial charge in [-0.2, -0.15) is 0 Å². The van der Waals surface area contributed by atoms with Crippen LogP contribution < -0.4 is 9.47 Å². The van der Waals surface area contributed by atoms with Gasteiger partial charge in [0.15, 0.2) is 16.7 Å². The van der Waals surface area contributed by atoms with E-state index in [0.717, 1.165) is 18.4 Å². The molecule has 0 saturated carbocycles. The smallest absolute Gasteiger partial charge is 0.338 e. The summed E-state index contributed by atoms with van der Waals surface area (Å²) in [4.78, 5) is 32.2. The van der Waals surface area contributed by atoms with Crippen LogP contribution in [0.25, 0.3) is 0 Å². The number of carbonyl (C=O) groups excluding carboxylic acids is 2. The monoisotopic (exact) mass is 490 g/mol. The molecule has 9 heteroatoms. The predicted octanol–water partition coefficient (Wildman–Crippen LogP) is 4.49. The van der Waals surface area contributed by atoms with Gasteiger partial charge in [-0.25, -0.2) is 9.79 Å². The molecule has 2 aliphatic heterocycles. The van der Waals surface area contributed by atoms with Crippen LogP contribution >= 0.6 is 11.8 Å². The highest BCUT2D eigenvalue weighted by Crippen LogP contribution is 2.42. The number of methoxy groups -OCH3 is 2. The number of thioether (sulfide) groups is 1. The highest BCUT2D eigenvalue weighted by Gasteiger charge is 2.42. The van der Waals surface area contributed by atoms with Gasteiger partial charge in [-0.15, -0.1) is 0 Å². The number of hydrogen-bond donors (Lipinski definition) is 0. The molecule has 0 aliphatic carbocycles. The van der Waals surface area contributed by atoms with E-state index < -0.39 is 12.0 Å². The molecule has 1 fully saturated rings. The van der Waals surface area contributed by atoms with Crippen molar-refractivity contribution < 1.29 is 28.5 Å². The number of amidine groups is 1. The van der Waals surface area contributed by atoms with Gasteiger partial charge < -0.3 is 18.9 Å². The molecule has 8 nitrogen and oxygen atoms in total. The van der Waals surface area contributed by atoms with Crippen molar-refractivity contribution in [3.8, 4) is 11.5 Å². The summed E-state index contributed by atoms with van der Waals surface area (Å²) in [7, 11) is 3.13. The number of unbranched alkanes of at least 4 members (excludes halogenated alkanes) is 3. The molecule has 2 aliphatic rings.